The van der Waals surface area contributed by atoms with Crippen LogP contribution in [0.4, 0.5) is 8.78 Å². The lowest BCUT2D eigenvalue weighted by Crippen LogP contribution is -2.02. The summed E-state index contributed by atoms with van der Waals surface area (Å²) in [4.78, 5) is 0. The highest BCUT2D eigenvalue weighted by Crippen LogP contribution is 2.26. The molecule has 0 aliphatic heterocycles. The van der Waals surface area contributed by atoms with Crippen molar-refractivity contribution in [1.82, 2.24) is 0 Å². The van der Waals surface area contributed by atoms with Crippen LogP contribution < -0.4 is 4.74 Å². The van der Waals surface area contributed by atoms with Gasteiger partial charge >= 0.3 is 6.61 Å². The van der Waals surface area contributed by atoms with Crippen molar-refractivity contribution in [2.75, 3.05) is 0 Å². The first-order valence-electron chi connectivity index (χ1n) is 3.30. The van der Waals surface area contributed by atoms with Crippen LogP contribution in [-0.2, 0) is 0 Å². The first-order chi connectivity index (χ1) is 6.13. The molecule has 0 saturated heterocycles. The van der Waals surface area contributed by atoms with Gasteiger partial charge in [0.15, 0.2) is 0 Å². The van der Waals surface area contributed by atoms with E-state index in [4.69, 9.17) is 18.0 Å². The van der Waals surface area contributed by atoms with Crippen molar-refractivity contribution in [3.63, 3.8) is 0 Å². The molecule has 0 atom stereocenters. The molecule has 0 aliphatic carbocycles. The second kappa shape index (κ2) is 4.11. The summed E-state index contributed by atoms with van der Waals surface area (Å²) in [5.74, 6) is 1.97. The van der Waals surface area contributed by atoms with Crippen molar-refractivity contribution in [2.45, 2.75) is 6.61 Å². The fourth-order valence-electron chi connectivity index (χ4n) is 0.770. The Morgan fingerprint density at radius 1 is 1.46 bits per heavy atom. The van der Waals surface area contributed by atoms with Gasteiger partial charge in [-0.15, -0.1) is 0 Å². The summed E-state index contributed by atoms with van der Waals surface area (Å²) >= 11 is 5.57. The monoisotopic (exact) mass is 201 g/mol. The van der Waals surface area contributed by atoms with Crippen LogP contribution >= 0.6 is 11.6 Å². The highest BCUT2D eigenvalue weighted by Gasteiger charge is 2.07. The summed E-state index contributed by atoms with van der Waals surface area (Å²) in [5, 5.41) is 0.0394. The van der Waals surface area contributed by atoms with Crippen molar-refractivity contribution in [3.8, 4) is 11.7 Å². The summed E-state index contributed by atoms with van der Waals surface area (Å²) in [6, 6.07) is 4.01. The molecule has 1 rings (SSSR count). The summed E-state index contributed by atoms with van der Waals surface area (Å²) in [6.07, 6.45) is 6.75. The second-order valence-corrected chi connectivity index (χ2v) is 2.56. The number of hydrogen-bond donors (Lipinski definition) is 0. The number of hydrogen-bond acceptors (Lipinski definition) is 1. The molecular weight excluding hydrogens is 198 g/mol. The summed E-state index contributed by atoms with van der Waals surface area (Å²) in [6.45, 7) is -2.90. The lowest BCUT2D eigenvalue weighted by atomic mass is 10.2. The number of ether oxygens (including phenoxy) is 1. The van der Waals surface area contributed by atoms with Crippen molar-refractivity contribution in [1.29, 1.82) is 0 Å². The smallest absolute Gasteiger partial charge is 0.387 e. The maximum Gasteiger partial charge on any atom is 0.387 e. The molecule has 0 bridgehead atoms. The van der Waals surface area contributed by atoms with E-state index in [1.54, 1.807) is 0 Å². The Balaban J connectivity index is 2.93. The van der Waals surface area contributed by atoms with Gasteiger partial charge in [-0.2, -0.15) is 8.78 Å². The zero-order valence-corrected chi connectivity index (χ0v) is 7.11. The Labute approximate surface area is 79.3 Å². The van der Waals surface area contributed by atoms with Gasteiger partial charge in [-0.1, -0.05) is 17.5 Å². The first kappa shape index (κ1) is 9.82. The van der Waals surface area contributed by atoms with Crippen LogP contribution in [0.1, 0.15) is 5.56 Å². The van der Waals surface area contributed by atoms with E-state index in [-0.39, 0.29) is 10.8 Å². The molecule has 0 saturated carbocycles. The molecular formula is C9H4ClF2O. The van der Waals surface area contributed by atoms with Crippen molar-refractivity contribution < 1.29 is 13.5 Å². The highest BCUT2D eigenvalue weighted by atomic mass is 35.5. The predicted molar refractivity (Wildman–Crippen MR) is 44.3 cm³/mol. The topological polar surface area (TPSA) is 9.23 Å². The van der Waals surface area contributed by atoms with Gasteiger partial charge in [0.25, 0.3) is 0 Å². The largest absolute Gasteiger partial charge is 0.433 e. The molecule has 0 fully saturated rings. The quantitative estimate of drug-likeness (QED) is 0.669. The van der Waals surface area contributed by atoms with E-state index in [1.165, 1.54) is 18.2 Å². The molecule has 1 nitrogen and oxygen atoms in total. The van der Waals surface area contributed by atoms with E-state index >= 15 is 0 Å². The minimum absolute atomic E-state index is 0.0394. The lowest BCUT2D eigenvalue weighted by molar-refractivity contribution is -0.0497. The molecule has 0 unspecified atom stereocenters. The predicted octanol–water partition coefficient (Wildman–Crippen LogP) is 2.88. The number of alkyl halides is 2. The van der Waals surface area contributed by atoms with E-state index in [0.29, 0.717) is 5.56 Å². The SMILES string of the molecule is [C]#Cc1ccc(OC(F)F)c(Cl)c1. The van der Waals surface area contributed by atoms with Gasteiger partial charge in [-0.3, -0.25) is 0 Å². The number of rotatable bonds is 2. The molecule has 0 heterocycles. The summed E-state index contributed by atoms with van der Waals surface area (Å²) < 4.78 is 27.6. The molecule has 4 heteroatoms. The van der Waals surface area contributed by atoms with E-state index in [0.717, 1.165) is 0 Å². The first-order valence-corrected chi connectivity index (χ1v) is 3.68. The molecule has 0 spiro atoms. The minimum Gasteiger partial charge on any atom is -0.433 e. The van der Waals surface area contributed by atoms with Crippen molar-refractivity contribution in [3.05, 3.63) is 35.2 Å². The third kappa shape index (κ3) is 2.60. The molecule has 13 heavy (non-hydrogen) atoms. The molecule has 67 valence electrons. The normalized spacial score (nSPS) is 9.77. The zero-order chi connectivity index (χ0) is 9.84. The molecule has 0 N–H and O–H groups in total. The maximum absolute atomic E-state index is 11.7. The lowest BCUT2D eigenvalue weighted by Gasteiger charge is -2.05. The van der Waals surface area contributed by atoms with Crippen LogP contribution in [0.5, 0.6) is 5.75 Å². The fraction of sp³-hybridized carbons (Fsp3) is 0.111. The van der Waals surface area contributed by atoms with E-state index in [9.17, 15) is 8.78 Å². The minimum atomic E-state index is -2.90. The maximum atomic E-state index is 11.7. The van der Waals surface area contributed by atoms with Crippen molar-refractivity contribution in [2.24, 2.45) is 0 Å². The Morgan fingerprint density at radius 3 is 2.62 bits per heavy atom. The average molecular weight is 202 g/mol. The molecule has 1 aromatic rings. The average Bonchev–Trinajstić information content (AvgIpc) is 2.08. The van der Waals surface area contributed by atoms with Gasteiger partial charge in [0.2, 0.25) is 0 Å². The Morgan fingerprint density at radius 2 is 2.15 bits per heavy atom. The number of halogens is 3. The third-order valence-electron chi connectivity index (χ3n) is 1.29. The number of benzene rings is 1. The molecule has 1 aromatic carbocycles. The van der Waals surface area contributed by atoms with Crippen LogP contribution in [0.15, 0.2) is 18.2 Å². The zero-order valence-electron chi connectivity index (χ0n) is 6.35. The van der Waals surface area contributed by atoms with Gasteiger partial charge in [0.1, 0.15) is 5.75 Å². The van der Waals surface area contributed by atoms with Gasteiger partial charge in [-0.25, -0.2) is 0 Å². The highest BCUT2D eigenvalue weighted by molar-refractivity contribution is 6.32. The molecule has 0 amide bonds. The van der Waals surface area contributed by atoms with Crippen molar-refractivity contribution >= 4 is 11.6 Å². The Hall–Kier alpha value is -1.27. The van der Waals surface area contributed by atoms with Gasteiger partial charge in [0, 0.05) is 5.56 Å². The van der Waals surface area contributed by atoms with Gasteiger partial charge < -0.3 is 4.74 Å². The third-order valence-corrected chi connectivity index (χ3v) is 1.59. The van der Waals surface area contributed by atoms with Gasteiger partial charge in [-0.05, 0) is 24.6 Å². The van der Waals surface area contributed by atoms with Crippen LogP contribution in [0.3, 0.4) is 0 Å². The standard InChI is InChI=1S/C9H4ClF2O/c1-2-6-3-4-8(7(10)5-6)13-9(11)12/h3-5,9H. The van der Waals surface area contributed by atoms with Crippen LogP contribution in [-0.4, -0.2) is 6.61 Å². The van der Waals surface area contributed by atoms with Crippen LogP contribution in [0, 0.1) is 12.3 Å². The molecule has 0 aliphatic rings. The van der Waals surface area contributed by atoms with E-state index in [1.807, 2.05) is 0 Å². The van der Waals surface area contributed by atoms with Crippen LogP contribution in [0.2, 0.25) is 5.02 Å². The Bertz CT molecular complexity index is 344. The van der Waals surface area contributed by atoms with E-state index < -0.39 is 6.61 Å². The summed E-state index contributed by atoms with van der Waals surface area (Å²) in [7, 11) is 0. The molecule has 0 aromatic heterocycles. The Kier molecular flexibility index (Phi) is 3.10. The summed E-state index contributed by atoms with van der Waals surface area (Å²) in [5.41, 5.74) is 0.409. The van der Waals surface area contributed by atoms with E-state index in [2.05, 4.69) is 10.7 Å². The fourth-order valence-corrected chi connectivity index (χ4v) is 0.995. The van der Waals surface area contributed by atoms with Crippen LogP contribution in [0.25, 0.3) is 0 Å². The molecule has 1 radical (unpaired) electrons. The second-order valence-electron chi connectivity index (χ2n) is 2.15. The van der Waals surface area contributed by atoms with Gasteiger partial charge in [0.05, 0.1) is 5.02 Å².